The van der Waals surface area contributed by atoms with E-state index in [2.05, 4.69) is 20.9 Å². The highest BCUT2D eigenvalue weighted by atomic mass is 79.9. The number of hydrogen-bond acceptors (Lipinski definition) is 3. The van der Waals surface area contributed by atoms with Crippen LogP contribution in [0.15, 0.2) is 39.8 Å². The molecule has 0 saturated carbocycles. The molecule has 1 saturated heterocycles. The summed E-state index contributed by atoms with van der Waals surface area (Å²) in [7, 11) is 0. The number of aromatic amines is 1. The minimum atomic E-state index is -0.341. The van der Waals surface area contributed by atoms with E-state index in [1.165, 1.54) is 4.90 Å². The first-order valence-electron chi connectivity index (χ1n) is 7.49. The third-order valence-electron chi connectivity index (χ3n) is 4.68. The molecule has 1 aliphatic carbocycles. The largest absolute Gasteiger partial charge is 0.353 e. The second-order valence-corrected chi connectivity index (χ2v) is 7.65. The van der Waals surface area contributed by atoms with E-state index in [0.717, 1.165) is 33.6 Å². The van der Waals surface area contributed by atoms with Crippen LogP contribution in [0.1, 0.15) is 23.6 Å². The number of imide groups is 1. The Hall–Kier alpha value is -1.53. The second kappa shape index (κ2) is 5.53. The topological polar surface area (TPSA) is 53.2 Å². The first-order valence-corrected chi connectivity index (χ1v) is 9.51. The molecule has 1 aromatic carbocycles. The number of hydrogen-bond donors (Lipinski definition) is 1. The van der Waals surface area contributed by atoms with Crippen LogP contribution in [0, 0.1) is 5.92 Å². The molecule has 118 valence electrons. The summed E-state index contributed by atoms with van der Waals surface area (Å²) in [4.78, 5) is 30.5. The number of amides is 2. The van der Waals surface area contributed by atoms with E-state index in [4.69, 9.17) is 0 Å². The molecule has 2 amide bonds. The zero-order valence-electron chi connectivity index (χ0n) is 12.5. The van der Waals surface area contributed by atoms with Crippen LogP contribution >= 0.6 is 27.7 Å². The van der Waals surface area contributed by atoms with Crippen LogP contribution in [-0.4, -0.2) is 23.1 Å². The van der Waals surface area contributed by atoms with Crippen molar-refractivity contribution in [1.29, 1.82) is 0 Å². The zero-order valence-corrected chi connectivity index (χ0v) is 14.9. The Bertz CT molecular complexity index is 799. The number of fused-ring (bicyclic) bond motifs is 3. The third kappa shape index (κ3) is 2.27. The fourth-order valence-electron chi connectivity index (χ4n) is 3.59. The SMILES string of the molecule is CSc1cc2c([nH]1)CC[C@@H]1C(=O)N(c3ccc(Br)cc3)C(=O)[C@H]21. The minimum Gasteiger partial charge on any atom is -0.353 e. The van der Waals surface area contributed by atoms with Gasteiger partial charge < -0.3 is 4.98 Å². The number of H-pyrrole nitrogens is 1. The van der Waals surface area contributed by atoms with Crippen LogP contribution < -0.4 is 4.90 Å². The van der Waals surface area contributed by atoms with Gasteiger partial charge in [0.15, 0.2) is 0 Å². The summed E-state index contributed by atoms with van der Waals surface area (Å²) in [5, 5.41) is 1.05. The van der Waals surface area contributed by atoms with Gasteiger partial charge in [-0.15, -0.1) is 11.8 Å². The highest BCUT2D eigenvalue weighted by Gasteiger charge is 2.51. The number of anilines is 1. The Kier molecular flexibility index (Phi) is 3.61. The van der Waals surface area contributed by atoms with Gasteiger partial charge in [0.05, 0.1) is 22.5 Å². The zero-order chi connectivity index (χ0) is 16.1. The molecular formula is C17H15BrN2O2S. The number of nitrogens with zero attached hydrogens (tertiary/aromatic N) is 1. The fraction of sp³-hybridized carbons (Fsp3) is 0.294. The van der Waals surface area contributed by atoms with Gasteiger partial charge in [0, 0.05) is 10.2 Å². The normalized spacial score (nSPS) is 23.1. The second-order valence-electron chi connectivity index (χ2n) is 5.88. The number of aromatic nitrogens is 1. The monoisotopic (exact) mass is 390 g/mol. The van der Waals surface area contributed by atoms with Crippen molar-refractivity contribution in [3.63, 3.8) is 0 Å². The smallest absolute Gasteiger partial charge is 0.242 e. The van der Waals surface area contributed by atoms with Crippen molar-refractivity contribution in [2.75, 3.05) is 11.2 Å². The number of aryl methyl sites for hydroxylation is 1. The van der Waals surface area contributed by atoms with Crippen molar-refractivity contribution >= 4 is 45.2 Å². The van der Waals surface area contributed by atoms with Gasteiger partial charge in [-0.1, -0.05) is 15.9 Å². The maximum absolute atomic E-state index is 13.0. The quantitative estimate of drug-likeness (QED) is 0.627. The van der Waals surface area contributed by atoms with Crippen molar-refractivity contribution in [1.82, 2.24) is 4.98 Å². The van der Waals surface area contributed by atoms with E-state index in [0.29, 0.717) is 5.69 Å². The molecule has 2 aliphatic rings. The summed E-state index contributed by atoms with van der Waals surface area (Å²) < 4.78 is 0.926. The van der Waals surface area contributed by atoms with Gasteiger partial charge >= 0.3 is 0 Å². The first-order chi connectivity index (χ1) is 11.1. The molecule has 2 aromatic rings. The highest BCUT2D eigenvalue weighted by Crippen LogP contribution is 2.45. The Morgan fingerprint density at radius 3 is 2.65 bits per heavy atom. The van der Waals surface area contributed by atoms with Crippen molar-refractivity contribution in [3.05, 3.63) is 46.1 Å². The van der Waals surface area contributed by atoms with Crippen molar-refractivity contribution in [2.45, 2.75) is 23.8 Å². The molecule has 23 heavy (non-hydrogen) atoms. The van der Waals surface area contributed by atoms with Gasteiger partial charge in [-0.2, -0.15) is 0 Å². The van der Waals surface area contributed by atoms with Crippen LogP contribution in [0.25, 0.3) is 0 Å². The number of benzene rings is 1. The average molecular weight is 391 g/mol. The summed E-state index contributed by atoms with van der Waals surface area (Å²) in [5.41, 5.74) is 2.76. The molecule has 1 aliphatic heterocycles. The number of carbonyl (C=O) groups is 2. The third-order valence-corrected chi connectivity index (χ3v) is 5.87. The Labute approximate surface area is 146 Å². The van der Waals surface area contributed by atoms with E-state index in [-0.39, 0.29) is 23.7 Å². The van der Waals surface area contributed by atoms with E-state index in [9.17, 15) is 9.59 Å². The van der Waals surface area contributed by atoms with E-state index >= 15 is 0 Å². The molecule has 1 aromatic heterocycles. The molecule has 1 N–H and O–H groups in total. The number of thioether (sulfide) groups is 1. The predicted molar refractivity (Wildman–Crippen MR) is 93.8 cm³/mol. The lowest BCUT2D eigenvalue weighted by Gasteiger charge is -2.21. The average Bonchev–Trinajstić information content (AvgIpc) is 3.08. The highest BCUT2D eigenvalue weighted by molar-refractivity contribution is 9.10. The van der Waals surface area contributed by atoms with Crippen LogP contribution in [-0.2, 0) is 16.0 Å². The molecule has 6 heteroatoms. The molecule has 4 nitrogen and oxygen atoms in total. The summed E-state index contributed by atoms with van der Waals surface area (Å²) in [5.74, 6) is -0.744. The fourth-order valence-corrected chi connectivity index (χ4v) is 4.33. The lowest BCUT2D eigenvalue weighted by atomic mass is 9.79. The van der Waals surface area contributed by atoms with Crippen LogP contribution in [0.3, 0.4) is 0 Å². The molecule has 2 atom stereocenters. The summed E-state index contributed by atoms with van der Waals surface area (Å²) in [6.45, 7) is 0. The molecule has 0 bridgehead atoms. The van der Waals surface area contributed by atoms with Gasteiger partial charge in [0.25, 0.3) is 0 Å². The maximum Gasteiger partial charge on any atom is 0.242 e. The van der Waals surface area contributed by atoms with Crippen molar-refractivity contribution in [2.24, 2.45) is 5.92 Å². The number of nitrogens with one attached hydrogen (secondary N) is 1. The van der Waals surface area contributed by atoms with Crippen molar-refractivity contribution in [3.8, 4) is 0 Å². The number of halogens is 1. The van der Waals surface area contributed by atoms with Gasteiger partial charge in [-0.3, -0.25) is 9.59 Å². The molecule has 2 heterocycles. The number of carbonyl (C=O) groups excluding carboxylic acids is 2. The van der Waals surface area contributed by atoms with Gasteiger partial charge in [-0.25, -0.2) is 4.90 Å². The number of rotatable bonds is 2. The van der Waals surface area contributed by atoms with Gasteiger partial charge in [-0.05, 0) is 55.0 Å². The predicted octanol–water partition coefficient (Wildman–Crippen LogP) is 3.72. The molecule has 0 radical (unpaired) electrons. The Morgan fingerprint density at radius 1 is 1.22 bits per heavy atom. The van der Waals surface area contributed by atoms with Gasteiger partial charge in [0.1, 0.15) is 0 Å². The minimum absolute atomic E-state index is 0.0696. The molecule has 0 unspecified atom stereocenters. The van der Waals surface area contributed by atoms with Crippen LogP contribution in [0.2, 0.25) is 0 Å². The first kappa shape index (κ1) is 15.0. The van der Waals surface area contributed by atoms with E-state index < -0.39 is 0 Å². The van der Waals surface area contributed by atoms with E-state index in [1.807, 2.05) is 36.6 Å². The Morgan fingerprint density at radius 2 is 1.96 bits per heavy atom. The lowest BCUT2D eigenvalue weighted by molar-refractivity contribution is -0.122. The molecular weight excluding hydrogens is 376 g/mol. The Balaban J connectivity index is 1.76. The van der Waals surface area contributed by atoms with Gasteiger partial charge in [0.2, 0.25) is 11.8 Å². The summed E-state index contributed by atoms with van der Waals surface area (Å²) in [6.07, 6.45) is 3.55. The standard InChI is InChI=1S/C17H15BrN2O2S/c1-23-14-8-12-13(19-14)7-6-11-15(12)17(22)20(16(11)21)10-4-2-9(18)3-5-10/h2-5,8,11,15,19H,6-7H2,1H3/t11-,15-/m0/s1. The maximum atomic E-state index is 13.0. The van der Waals surface area contributed by atoms with Crippen molar-refractivity contribution < 1.29 is 9.59 Å². The van der Waals surface area contributed by atoms with Crippen LogP contribution in [0.5, 0.6) is 0 Å². The van der Waals surface area contributed by atoms with Crippen LogP contribution in [0.4, 0.5) is 5.69 Å². The lowest BCUT2D eigenvalue weighted by Crippen LogP contribution is -2.30. The summed E-state index contributed by atoms with van der Waals surface area (Å²) in [6, 6.07) is 9.36. The molecule has 0 spiro atoms. The molecule has 1 fully saturated rings. The van der Waals surface area contributed by atoms with E-state index in [1.54, 1.807) is 11.8 Å². The molecule has 4 rings (SSSR count). The summed E-state index contributed by atoms with van der Waals surface area (Å²) >= 11 is 5.01.